The SMILES string of the molecule is COCCCCS(=O)(=O)c1nc2ccc(N)cc2o1. The molecule has 0 aliphatic carbocycles. The summed E-state index contributed by atoms with van der Waals surface area (Å²) in [7, 11) is -1.91. The third-order valence-corrected chi connectivity index (χ3v) is 4.20. The second kappa shape index (κ2) is 5.58. The van der Waals surface area contributed by atoms with E-state index in [2.05, 4.69) is 4.98 Å². The van der Waals surface area contributed by atoms with Gasteiger partial charge in [0.05, 0.1) is 5.75 Å². The van der Waals surface area contributed by atoms with Gasteiger partial charge in [-0.2, -0.15) is 4.98 Å². The van der Waals surface area contributed by atoms with Crippen LogP contribution in [0, 0.1) is 0 Å². The highest BCUT2D eigenvalue weighted by atomic mass is 32.2. The predicted molar refractivity (Wildman–Crippen MR) is 71.6 cm³/mol. The summed E-state index contributed by atoms with van der Waals surface area (Å²) >= 11 is 0. The Kier molecular flexibility index (Phi) is 4.06. The van der Waals surface area contributed by atoms with Crippen molar-refractivity contribution < 1.29 is 17.6 Å². The minimum Gasteiger partial charge on any atom is -0.428 e. The first-order valence-electron chi connectivity index (χ1n) is 5.91. The van der Waals surface area contributed by atoms with Crippen molar-refractivity contribution in [3.05, 3.63) is 18.2 Å². The molecule has 2 aromatic rings. The maximum atomic E-state index is 12.0. The van der Waals surface area contributed by atoms with Gasteiger partial charge in [0.25, 0.3) is 0 Å². The molecule has 0 saturated carbocycles. The summed E-state index contributed by atoms with van der Waals surface area (Å²) < 4.78 is 34.2. The van der Waals surface area contributed by atoms with Gasteiger partial charge in [0.15, 0.2) is 5.58 Å². The first-order valence-corrected chi connectivity index (χ1v) is 7.56. The van der Waals surface area contributed by atoms with Crippen molar-refractivity contribution in [2.45, 2.75) is 18.1 Å². The van der Waals surface area contributed by atoms with Gasteiger partial charge in [-0.05, 0) is 25.0 Å². The predicted octanol–water partition coefficient (Wildman–Crippen LogP) is 1.61. The smallest absolute Gasteiger partial charge is 0.316 e. The van der Waals surface area contributed by atoms with E-state index >= 15 is 0 Å². The molecule has 2 rings (SSSR count). The summed E-state index contributed by atoms with van der Waals surface area (Å²) in [6.45, 7) is 0.541. The number of anilines is 1. The molecule has 1 aromatic heterocycles. The summed E-state index contributed by atoms with van der Waals surface area (Å²) in [5.41, 5.74) is 6.99. The van der Waals surface area contributed by atoms with Gasteiger partial charge in [-0.1, -0.05) is 0 Å². The van der Waals surface area contributed by atoms with Crippen LogP contribution in [0.25, 0.3) is 11.1 Å². The van der Waals surface area contributed by atoms with Crippen LogP contribution in [-0.4, -0.2) is 32.9 Å². The average Bonchev–Trinajstić information content (AvgIpc) is 2.78. The molecule has 104 valence electrons. The number of rotatable bonds is 6. The maximum absolute atomic E-state index is 12.0. The summed E-state index contributed by atoms with van der Waals surface area (Å²) in [4.78, 5) is 3.98. The minimum atomic E-state index is -3.49. The molecule has 0 saturated heterocycles. The zero-order valence-electron chi connectivity index (χ0n) is 10.6. The molecule has 7 heteroatoms. The number of nitrogens with two attached hydrogens (primary N) is 1. The molecule has 6 nitrogen and oxygen atoms in total. The normalized spacial score (nSPS) is 12.1. The Morgan fingerprint density at radius 3 is 2.89 bits per heavy atom. The van der Waals surface area contributed by atoms with E-state index in [9.17, 15) is 8.42 Å². The lowest BCUT2D eigenvalue weighted by Gasteiger charge is -1.99. The molecule has 0 bridgehead atoms. The van der Waals surface area contributed by atoms with Crippen molar-refractivity contribution in [3.8, 4) is 0 Å². The van der Waals surface area contributed by atoms with Gasteiger partial charge in [0.2, 0.25) is 9.84 Å². The van der Waals surface area contributed by atoms with E-state index < -0.39 is 9.84 Å². The van der Waals surface area contributed by atoms with Crippen LogP contribution in [-0.2, 0) is 14.6 Å². The number of benzene rings is 1. The molecule has 0 fully saturated rings. The third kappa shape index (κ3) is 3.24. The number of fused-ring (bicyclic) bond motifs is 1. The van der Waals surface area contributed by atoms with Crippen molar-refractivity contribution in [1.29, 1.82) is 0 Å². The summed E-state index contributed by atoms with van der Waals surface area (Å²) in [5, 5.41) is -0.245. The number of nitrogens with zero attached hydrogens (tertiary/aromatic N) is 1. The number of nitrogen functional groups attached to an aromatic ring is 1. The number of methoxy groups -OCH3 is 1. The number of aromatic nitrogens is 1. The van der Waals surface area contributed by atoms with Crippen LogP contribution in [0.1, 0.15) is 12.8 Å². The summed E-state index contributed by atoms with van der Waals surface area (Å²) in [5.74, 6) is -0.00133. The molecular weight excluding hydrogens is 268 g/mol. The van der Waals surface area contributed by atoms with Crippen LogP contribution >= 0.6 is 0 Å². The van der Waals surface area contributed by atoms with E-state index in [0.29, 0.717) is 36.2 Å². The van der Waals surface area contributed by atoms with Crippen molar-refractivity contribution in [2.24, 2.45) is 0 Å². The van der Waals surface area contributed by atoms with Gasteiger partial charge in [0, 0.05) is 25.5 Å². The van der Waals surface area contributed by atoms with Gasteiger partial charge in [0.1, 0.15) is 5.52 Å². The van der Waals surface area contributed by atoms with Gasteiger partial charge < -0.3 is 14.9 Å². The lowest BCUT2D eigenvalue weighted by atomic mass is 10.3. The Morgan fingerprint density at radius 2 is 2.16 bits per heavy atom. The molecule has 19 heavy (non-hydrogen) atoms. The Hall–Kier alpha value is -1.60. The highest BCUT2D eigenvalue weighted by Gasteiger charge is 2.21. The average molecular weight is 284 g/mol. The largest absolute Gasteiger partial charge is 0.428 e. The van der Waals surface area contributed by atoms with E-state index in [1.807, 2.05) is 0 Å². The number of unbranched alkanes of at least 4 members (excludes halogenated alkanes) is 1. The van der Waals surface area contributed by atoms with Gasteiger partial charge in [-0.3, -0.25) is 0 Å². The first kappa shape index (κ1) is 13.8. The molecule has 0 aliphatic rings. The fourth-order valence-corrected chi connectivity index (χ4v) is 2.89. The minimum absolute atomic E-state index is 0.00133. The monoisotopic (exact) mass is 284 g/mol. The molecular formula is C12H16N2O4S. The summed E-state index contributed by atoms with van der Waals surface area (Å²) in [6, 6.07) is 4.85. The molecule has 0 unspecified atom stereocenters. The molecule has 0 atom stereocenters. The Bertz CT molecular complexity index is 663. The number of oxazole rings is 1. The van der Waals surface area contributed by atoms with Crippen LogP contribution in [0.4, 0.5) is 5.69 Å². The van der Waals surface area contributed by atoms with Gasteiger partial charge >= 0.3 is 5.22 Å². The molecule has 0 radical (unpaired) electrons. The highest BCUT2D eigenvalue weighted by molar-refractivity contribution is 7.91. The van der Waals surface area contributed by atoms with E-state index in [1.165, 1.54) is 0 Å². The van der Waals surface area contributed by atoms with Crippen LogP contribution in [0.3, 0.4) is 0 Å². The van der Waals surface area contributed by atoms with Crippen molar-refractivity contribution >= 4 is 26.6 Å². The number of sulfone groups is 1. The quantitative estimate of drug-likeness (QED) is 0.639. The maximum Gasteiger partial charge on any atom is 0.316 e. The molecule has 1 aromatic carbocycles. The number of hydrogen-bond acceptors (Lipinski definition) is 6. The van der Waals surface area contributed by atoms with Crippen LogP contribution in [0.15, 0.2) is 27.8 Å². The molecule has 0 aliphatic heterocycles. The second-order valence-corrected chi connectivity index (χ2v) is 6.21. The standard InChI is InChI=1S/C12H16N2O4S/c1-17-6-2-3-7-19(15,16)12-14-10-5-4-9(13)8-11(10)18-12/h4-5,8H,2-3,6-7,13H2,1H3. The van der Waals surface area contributed by atoms with E-state index in [1.54, 1.807) is 25.3 Å². The molecule has 1 heterocycles. The lowest BCUT2D eigenvalue weighted by Crippen LogP contribution is -2.08. The van der Waals surface area contributed by atoms with Crippen LogP contribution < -0.4 is 5.73 Å². The number of hydrogen-bond donors (Lipinski definition) is 1. The van der Waals surface area contributed by atoms with Gasteiger partial charge in [-0.15, -0.1) is 0 Å². The Morgan fingerprint density at radius 1 is 1.37 bits per heavy atom. The van der Waals surface area contributed by atoms with Gasteiger partial charge in [-0.25, -0.2) is 8.42 Å². The van der Waals surface area contributed by atoms with E-state index in [0.717, 1.165) is 0 Å². The fraction of sp³-hybridized carbons (Fsp3) is 0.417. The summed E-state index contributed by atoms with van der Waals surface area (Å²) in [6.07, 6.45) is 1.19. The first-order chi connectivity index (χ1) is 9.03. The lowest BCUT2D eigenvalue weighted by molar-refractivity contribution is 0.194. The fourth-order valence-electron chi connectivity index (χ4n) is 1.68. The third-order valence-electron chi connectivity index (χ3n) is 2.67. The zero-order valence-corrected chi connectivity index (χ0v) is 11.4. The van der Waals surface area contributed by atoms with E-state index in [-0.39, 0.29) is 11.0 Å². The Balaban J connectivity index is 2.18. The molecule has 2 N–H and O–H groups in total. The molecule has 0 spiro atoms. The van der Waals surface area contributed by atoms with Crippen molar-refractivity contribution in [1.82, 2.24) is 4.98 Å². The van der Waals surface area contributed by atoms with Crippen LogP contribution in [0.2, 0.25) is 0 Å². The second-order valence-electron chi connectivity index (χ2n) is 4.23. The van der Waals surface area contributed by atoms with Crippen molar-refractivity contribution in [2.75, 3.05) is 25.2 Å². The molecule has 0 amide bonds. The van der Waals surface area contributed by atoms with E-state index in [4.69, 9.17) is 14.9 Å². The van der Waals surface area contributed by atoms with Crippen molar-refractivity contribution in [3.63, 3.8) is 0 Å². The zero-order chi connectivity index (χ0) is 13.9. The highest BCUT2D eigenvalue weighted by Crippen LogP contribution is 2.22. The Labute approximate surface area is 111 Å². The number of ether oxygens (including phenoxy) is 1. The van der Waals surface area contributed by atoms with Crippen LogP contribution in [0.5, 0.6) is 0 Å². The topological polar surface area (TPSA) is 95.4 Å².